The van der Waals surface area contributed by atoms with Gasteiger partial charge in [-0.1, -0.05) is 13.0 Å². The largest absolute Gasteiger partial charge is 0.497 e. The van der Waals surface area contributed by atoms with Gasteiger partial charge in [0.05, 0.1) is 7.11 Å². The summed E-state index contributed by atoms with van der Waals surface area (Å²) in [4.78, 5) is 0. The Morgan fingerprint density at radius 3 is 2.50 bits per heavy atom. The molecule has 0 saturated carbocycles. The molecule has 1 atom stereocenters. The fourth-order valence-corrected chi connectivity index (χ4v) is 1.41. The van der Waals surface area contributed by atoms with E-state index in [1.165, 1.54) is 11.1 Å². The first kappa shape index (κ1) is 13.3. The monoisotopic (exact) mass is 215 g/mol. The summed E-state index contributed by atoms with van der Waals surface area (Å²) in [6.45, 7) is 4.15. The third kappa shape index (κ3) is 2.89. The third-order valence-corrected chi connectivity index (χ3v) is 2.32. The maximum absolute atomic E-state index is 5.95. The van der Waals surface area contributed by atoms with E-state index in [-0.39, 0.29) is 18.4 Å². The number of ether oxygens (including phenoxy) is 1. The lowest BCUT2D eigenvalue weighted by atomic mass is 10.00. The molecule has 0 bridgehead atoms. The Balaban J connectivity index is 0.00000169. The molecule has 0 unspecified atom stereocenters. The van der Waals surface area contributed by atoms with Gasteiger partial charge in [0.25, 0.3) is 0 Å². The second kappa shape index (κ2) is 5.89. The summed E-state index contributed by atoms with van der Waals surface area (Å²) in [5.41, 5.74) is 8.36. The van der Waals surface area contributed by atoms with Crippen molar-refractivity contribution >= 4 is 12.4 Å². The van der Waals surface area contributed by atoms with Crippen molar-refractivity contribution in [3.8, 4) is 5.75 Å². The molecule has 1 aromatic carbocycles. The molecule has 3 heteroatoms. The van der Waals surface area contributed by atoms with Crippen molar-refractivity contribution in [1.82, 2.24) is 0 Å². The highest BCUT2D eigenvalue weighted by Crippen LogP contribution is 2.22. The quantitative estimate of drug-likeness (QED) is 0.842. The number of halogens is 1. The number of rotatable bonds is 3. The van der Waals surface area contributed by atoms with Crippen LogP contribution in [-0.4, -0.2) is 7.11 Å². The summed E-state index contributed by atoms with van der Waals surface area (Å²) in [6.07, 6.45) is 0.965. The van der Waals surface area contributed by atoms with Crippen molar-refractivity contribution in [1.29, 1.82) is 0 Å². The molecule has 0 fully saturated rings. The van der Waals surface area contributed by atoms with Gasteiger partial charge in [-0.05, 0) is 36.6 Å². The summed E-state index contributed by atoms with van der Waals surface area (Å²) in [6, 6.07) is 6.16. The Kier molecular flexibility index (Phi) is 5.58. The van der Waals surface area contributed by atoms with E-state index in [0.29, 0.717) is 0 Å². The van der Waals surface area contributed by atoms with E-state index in [1.807, 2.05) is 18.2 Å². The molecule has 0 aliphatic rings. The van der Waals surface area contributed by atoms with E-state index in [0.717, 1.165) is 12.2 Å². The SMILES string of the molecule is CC[C@H](N)c1ccc(OC)cc1C.Cl. The summed E-state index contributed by atoms with van der Waals surface area (Å²) >= 11 is 0. The summed E-state index contributed by atoms with van der Waals surface area (Å²) < 4.78 is 5.12. The van der Waals surface area contributed by atoms with Crippen LogP contribution in [0.25, 0.3) is 0 Å². The van der Waals surface area contributed by atoms with Gasteiger partial charge in [-0.2, -0.15) is 0 Å². The highest BCUT2D eigenvalue weighted by molar-refractivity contribution is 5.85. The number of aryl methyl sites for hydroxylation is 1. The molecule has 0 aliphatic carbocycles. The minimum atomic E-state index is 0. The Morgan fingerprint density at radius 1 is 1.43 bits per heavy atom. The van der Waals surface area contributed by atoms with Gasteiger partial charge < -0.3 is 10.5 Å². The highest BCUT2D eigenvalue weighted by atomic mass is 35.5. The number of methoxy groups -OCH3 is 1. The molecule has 0 heterocycles. The maximum Gasteiger partial charge on any atom is 0.119 e. The van der Waals surface area contributed by atoms with E-state index in [4.69, 9.17) is 10.5 Å². The Bertz CT molecular complexity index is 289. The number of hydrogen-bond donors (Lipinski definition) is 1. The third-order valence-electron chi connectivity index (χ3n) is 2.32. The Labute approximate surface area is 91.9 Å². The van der Waals surface area contributed by atoms with Crippen LogP contribution in [0, 0.1) is 6.92 Å². The first-order valence-corrected chi connectivity index (χ1v) is 4.59. The van der Waals surface area contributed by atoms with Crippen LogP contribution < -0.4 is 10.5 Å². The van der Waals surface area contributed by atoms with Crippen LogP contribution in [0.5, 0.6) is 5.75 Å². The van der Waals surface area contributed by atoms with Crippen LogP contribution in [0.3, 0.4) is 0 Å². The molecule has 14 heavy (non-hydrogen) atoms. The van der Waals surface area contributed by atoms with Gasteiger partial charge in [-0.3, -0.25) is 0 Å². The molecule has 0 aromatic heterocycles. The lowest BCUT2D eigenvalue weighted by Gasteiger charge is -2.13. The zero-order chi connectivity index (χ0) is 9.84. The lowest BCUT2D eigenvalue weighted by molar-refractivity contribution is 0.414. The average Bonchev–Trinajstić information content (AvgIpc) is 2.16. The molecule has 80 valence electrons. The molecule has 2 N–H and O–H groups in total. The van der Waals surface area contributed by atoms with Crippen LogP contribution in [-0.2, 0) is 0 Å². The molecule has 0 spiro atoms. The number of hydrogen-bond acceptors (Lipinski definition) is 2. The van der Waals surface area contributed by atoms with Crippen LogP contribution in [0.1, 0.15) is 30.5 Å². The van der Waals surface area contributed by atoms with E-state index < -0.39 is 0 Å². The second-order valence-electron chi connectivity index (χ2n) is 3.24. The molecule has 0 saturated heterocycles. The van der Waals surface area contributed by atoms with Gasteiger partial charge in [0.15, 0.2) is 0 Å². The smallest absolute Gasteiger partial charge is 0.119 e. The molecule has 0 radical (unpaired) electrons. The Morgan fingerprint density at radius 2 is 2.07 bits per heavy atom. The fraction of sp³-hybridized carbons (Fsp3) is 0.455. The molecule has 2 nitrogen and oxygen atoms in total. The first-order valence-electron chi connectivity index (χ1n) is 4.59. The number of nitrogens with two attached hydrogens (primary N) is 1. The molecule has 0 amide bonds. The van der Waals surface area contributed by atoms with Crippen molar-refractivity contribution in [2.24, 2.45) is 5.73 Å². The highest BCUT2D eigenvalue weighted by Gasteiger charge is 2.06. The second-order valence-corrected chi connectivity index (χ2v) is 3.24. The lowest BCUT2D eigenvalue weighted by Crippen LogP contribution is -2.10. The van der Waals surface area contributed by atoms with Gasteiger partial charge in [0.2, 0.25) is 0 Å². The summed E-state index contributed by atoms with van der Waals surface area (Å²) in [5.74, 6) is 0.893. The van der Waals surface area contributed by atoms with Crippen LogP contribution in [0.15, 0.2) is 18.2 Å². The van der Waals surface area contributed by atoms with Crippen molar-refractivity contribution in [2.45, 2.75) is 26.3 Å². The van der Waals surface area contributed by atoms with E-state index in [2.05, 4.69) is 13.8 Å². The number of benzene rings is 1. The van der Waals surface area contributed by atoms with Crippen molar-refractivity contribution in [3.05, 3.63) is 29.3 Å². The molecule has 1 rings (SSSR count). The molecule has 0 aliphatic heterocycles. The summed E-state index contributed by atoms with van der Waals surface area (Å²) in [7, 11) is 1.67. The Hall–Kier alpha value is -0.730. The molecular formula is C11H18ClNO. The van der Waals surface area contributed by atoms with E-state index in [9.17, 15) is 0 Å². The minimum absolute atomic E-state index is 0. The van der Waals surface area contributed by atoms with Gasteiger partial charge >= 0.3 is 0 Å². The fourth-order valence-electron chi connectivity index (χ4n) is 1.41. The summed E-state index contributed by atoms with van der Waals surface area (Å²) in [5, 5.41) is 0. The zero-order valence-electron chi connectivity index (χ0n) is 8.91. The van der Waals surface area contributed by atoms with Gasteiger partial charge in [-0.15, -0.1) is 12.4 Å². The topological polar surface area (TPSA) is 35.2 Å². The average molecular weight is 216 g/mol. The molecule has 1 aromatic rings. The normalized spacial score (nSPS) is 11.7. The standard InChI is InChI=1S/C11H17NO.ClH/c1-4-11(12)10-6-5-9(13-3)7-8(10)2;/h5-7,11H,4,12H2,1-3H3;1H/t11-;/m0./s1. The van der Waals surface area contributed by atoms with Crippen LogP contribution in [0.2, 0.25) is 0 Å². The van der Waals surface area contributed by atoms with E-state index in [1.54, 1.807) is 7.11 Å². The van der Waals surface area contributed by atoms with Gasteiger partial charge in [0.1, 0.15) is 5.75 Å². The predicted molar refractivity (Wildman–Crippen MR) is 62.2 cm³/mol. The van der Waals surface area contributed by atoms with Crippen LogP contribution in [0.4, 0.5) is 0 Å². The zero-order valence-corrected chi connectivity index (χ0v) is 9.73. The van der Waals surface area contributed by atoms with Gasteiger partial charge in [-0.25, -0.2) is 0 Å². The minimum Gasteiger partial charge on any atom is -0.497 e. The first-order chi connectivity index (χ1) is 6.19. The van der Waals surface area contributed by atoms with Crippen molar-refractivity contribution < 1.29 is 4.74 Å². The predicted octanol–water partition coefficient (Wildman–Crippen LogP) is 2.84. The van der Waals surface area contributed by atoms with Crippen LogP contribution >= 0.6 is 12.4 Å². The van der Waals surface area contributed by atoms with Crippen molar-refractivity contribution in [2.75, 3.05) is 7.11 Å². The van der Waals surface area contributed by atoms with Gasteiger partial charge in [0, 0.05) is 6.04 Å². The maximum atomic E-state index is 5.95. The molecular weight excluding hydrogens is 198 g/mol. The van der Waals surface area contributed by atoms with Crippen molar-refractivity contribution in [3.63, 3.8) is 0 Å². The van der Waals surface area contributed by atoms with E-state index >= 15 is 0 Å².